The van der Waals surface area contributed by atoms with Crippen molar-refractivity contribution in [3.8, 4) is 5.75 Å². The molecule has 2 amide bonds. The highest BCUT2D eigenvalue weighted by Crippen LogP contribution is 2.39. The summed E-state index contributed by atoms with van der Waals surface area (Å²) in [5.41, 5.74) is -0.179. The van der Waals surface area contributed by atoms with Crippen LogP contribution in [-0.4, -0.2) is 78.6 Å². The second-order valence-electron chi connectivity index (χ2n) is 8.90. The number of hydrogen-bond donors (Lipinski definition) is 0. The van der Waals surface area contributed by atoms with Gasteiger partial charge in [0, 0.05) is 32.5 Å². The van der Waals surface area contributed by atoms with Gasteiger partial charge in [-0.15, -0.1) is 0 Å². The van der Waals surface area contributed by atoms with Gasteiger partial charge in [-0.1, -0.05) is 12.1 Å². The first-order valence-corrected chi connectivity index (χ1v) is 12.5. The fourth-order valence-electron chi connectivity index (χ4n) is 4.87. The van der Waals surface area contributed by atoms with Crippen LogP contribution in [0.4, 0.5) is 0 Å². The van der Waals surface area contributed by atoms with Gasteiger partial charge in [0.15, 0.2) is 15.6 Å². The minimum Gasteiger partial charge on any atom is -0.486 e. The molecule has 0 N–H and O–H groups in total. The van der Waals surface area contributed by atoms with Gasteiger partial charge < -0.3 is 14.5 Å². The Morgan fingerprint density at radius 1 is 1.26 bits per heavy atom. The van der Waals surface area contributed by atoms with E-state index in [1.54, 1.807) is 37.1 Å². The van der Waals surface area contributed by atoms with Crippen molar-refractivity contribution >= 4 is 27.4 Å². The largest absolute Gasteiger partial charge is 0.486 e. The summed E-state index contributed by atoms with van der Waals surface area (Å²) in [5, 5.41) is 0. The van der Waals surface area contributed by atoms with Crippen LogP contribution in [0, 0.1) is 0 Å². The van der Waals surface area contributed by atoms with Crippen LogP contribution in [0.5, 0.6) is 5.75 Å². The van der Waals surface area contributed by atoms with Crippen LogP contribution < -0.4 is 4.74 Å². The van der Waals surface area contributed by atoms with Crippen LogP contribution >= 0.6 is 0 Å². The number of carbonyl (C=O) groups is 3. The fraction of sp³-hybridized carbons (Fsp3) is 0.591. The molecule has 1 aromatic carbocycles. The number of amides is 2. The number of ketones is 1. The zero-order chi connectivity index (χ0) is 22.4. The van der Waals surface area contributed by atoms with Crippen molar-refractivity contribution in [1.82, 2.24) is 9.80 Å². The number of para-hydroxylation sites is 1. The summed E-state index contributed by atoms with van der Waals surface area (Å²) in [7, 11) is -1.51. The van der Waals surface area contributed by atoms with Crippen molar-refractivity contribution in [3.05, 3.63) is 29.8 Å². The van der Waals surface area contributed by atoms with Crippen molar-refractivity contribution in [2.45, 2.75) is 56.7 Å². The number of Topliss-reactive ketones (excluding diaryl/α,β-unsaturated/α-hetero) is 1. The molecule has 2 saturated heterocycles. The molecule has 1 spiro atoms. The van der Waals surface area contributed by atoms with Gasteiger partial charge in [-0.25, -0.2) is 8.42 Å². The number of ether oxygens (including phenoxy) is 1. The normalized spacial score (nSPS) is 28.6. The third-order valence-electron chi connectivity index (χ3n) is 6.85. The Labute approximate surface area is 182 Å². The molecule has 3 aliphatic heterocycles. The Kier molecular flexibility index (Phi) is 5.57. The molecular formula is C22H28N2O6S. The van der Waals surface area contributed by atoms with Gasteiger partial charge in [0.05, 0.1) is 23.5 Å². The summed E-state index contributed by atoms with van der Waals surface area (Å²) < 4.78 is 29.8. The van der Waals surface area contributed by atoms with Gasteiger partial charge in [0.1, 0.15) is 17.4 Å². The average Bonchev–Trinajstić information content (AvgIpc) is 3.03. The van der Waals surface area contributed by atoms with E-state index in [1.165, 1.54) is 4.90 Å². The first-order valence-electron chi connectivity index (χ1n) is 10.7. The van der Waals surface area contributed by atoms with E-state index in [9.17, 15) is 22.8 Å². The maximum absolute atomic E-state index is 13.0. The lowest BCUT2D eigenvalue weighted by Crippen LogP contribution is -2.51. The van der Waals surface area contributed by atoms with Crippen LogP contribution in [0.2, 0.25) is 0 Å². The minimum atomic E-state index is -3.11. The smallest absolute Gasteiger partial charge is 0.245 e. The molecular weight excluding hydrogens is 420 g/mol. The van der Waals surface area contributed by atoms with Crippen molar-refractivity contribution in [2.24, 2.45) is 0 Å². The highest BCUT2D eigenvalue weighted by Gasteiger charge is 2.44. The van der Waals surface area contributed by atoms with E-state index >= 15 is 0 Å². The average molecular weight is 449 g/mol. The van der Waals surface area contributed by atoms with E-state index in [1.807, 2.05) is 6.07 Å². The van der Waals surface area contributed by atoms with Crippen LogP contribution in [0.25, 0.3) is 0 Å². The topological polar surface area (TPSA) is 101 Å². The van der Waals surface area contributed by atoms with Gasteiger partial charge in [-0.2, -0.15) is 0 Å². The molecule has 0 aromatic heterocycles. The molecule has 168 valence electrons. The van der Waals surface area contributed by atoms with Gasteiger partial charge in [0.2, 0.25) is 11.8 Å². The van der Waals surface area contributed by atoms with E-state index in [0.29, 0.717) is 37.1 Å². The van der Waals surface area contributed by atoms with Gasteiger partial charge >= 0.3 is 0 Å². The Bertz CT molecular complexity index is 1020. The molecule has 9 heteroatoms. The summed E-state index contributed by atoms with van der Waals surface area (Å²) in [6.45, 7) is 1.98. The fourth-order valence-corrected chi connectivity index (χ4v) is 6.65. The lowest BCUT2D eigenvalue weighted by molar-refractivity contribution is -0.145. The zero-order valence-electron chi connectivity index (χ0n) is 17.9. The summed E-state index contributed by atoms with van der Waals surface area (Å²) in [5.74, 6) is 0.188. The van der Waals surface area contributed by atoms with E-state index in [2.05, 4.69) is 0 Å². The highest BCUT2D eigenvalue weighted by atomic mass is 32.2. The first-order chi connectivity index (χ1) is 14.6. The van der Waals surface area contributed by atoms with E-state index < -0.39 is 21.5 Å². The van der Waals surface area contributed by atoms with Gasteiger partial charge in [-0.05, 0) is 31.9 Å². The Hall–Kier alpha value is -2.42. The van der Waals surface area contributed by atoms with Crippen LogP contribution in [-0.2, 0) is 19.4 Å². The van der Waals surface area contributed by atoms with E-state index in [4.69, 9.17) is 4.74 Å². The molecule has 1 aromatic rings. The van der Waals surface area contributed by atoms with Crippen LogP contribution in [0.3, 0.4) is 0 Å². The predicted octanol–water partition coefficient (Wildman–Crippen LogP) is 1.44. The highest BCUT2D eigenvalue weighted by molar-refractivity contribution is 7.91. The SMILES string of the molecule is C[C@H](C(=O)N(C)[C@@H]1CCS(=O)(=O)C1)N1CC[C@@]2(CCC1=O)CC(=O)c1ccccc1O2. The summed E-state index contributed by atoms with van der Waals surface area (Å²) in [6, 6.07) is 6.08. The Morgan fingerprint density at radius 2 is 2.00 bits per heavy atom. The third-order valence-corrected chi connectivity index (χ3v) is 8.60. The molecule has 0 bridgehead atoms. The standard InChI is InChI=1S/C22H28N2O6S/c1-15(21(27)23(2)16-8-12-31(28,29)14-16)24-11-10-22(9-7-20(24)26)13-18(25)17-5-3-4-6-19(17)30-22/h3-6,15-16H,7-14H2,1-2H3/t15-,16-,22+/m1/s1. The van der Waals surface area contributed by atoms with Gasteiger partial charge in [-0.3, -0.25) is 14.4 Å². The summed E-state index contributed by atoms with van der Waals surface area (Å²) in [6.07, 6.45) is 1.70. The monoisotopic (exact) mass is 448 g/mol. The number of rotatable bonds is 3. The van der Waals surface area contributed by atoms with Crippen molar-refractivity contribution in [3.63, 3.8) is 0 Å². The summed E-state index contributed by atoms with van der Waals surface area (Å²) >= 11 is 0. The minimum absolute atomic E-state index is 0.00838. The molecule has 0 aliphatic carbocycles. The molecule has 0 radical (unpaired) electrons. The molecule has 31 heavy (non-hydrogen) atoms. The Morgan fingerprint density at radius 3 is 2.71 bits per heavy atom. The third kappa shape index (κ3) is 4.20. The quantitative estimate of drug-likeness (QED) is 0.694. The number of fused-ring (bicyclic) bond motifs is 1. The van der Waals surface area contributed by atoms with Crippen molar-refractivity contribution < 1.29 is 27.5 Å². The number of carbonyl (C=O) groups excluding carboxylic acids is 3. The second kappa shape index (κ2) is 7.93. The summed E-state index contributed by atoms with van der Waals surface area (Å²) in [4.78, 5) is 41.6. The van der Waals surface area contributed by atoms with Crippen LogP contribution in [0.15, 0.2) is 24.3 Å². The molecule has 3 atom stereocenters. The molecule has 0 unspecified atom stereocenters. The molecule has 3 heterocycles. The number of hydrogen-bond acceptors (Lipinski definition) is 6. The first kappa shape index (κ1) is 21.8. The van der Waals surface area contributed by atoms with Crippen molar-refractivity contribution in [2.75, 3.05) is 25.1 Å². The number of likely N-dealkylation sites (N-methyl/N-ethyl adjacent to an activating group) is 1. The second-order valence-corrected chi connectivity index (χ2v) is 11.1. The van der Waals surface area contributed by atoms with Crippen LogP contribution in [0.1, 0.15) is 49.4 Å². The number of likely N-dealkylation sites (tertiary alicyclic amines) is 1. The number of nitrogens with zero attached hydrogens (tertiary/aromatic N) is 2. The molecule has 4 rings (SSSR count). The molecule has 0 saturated carbocycles. The van der Waals surface area contributed by atoms with E-state index in [0.717, 1.165) is 0 Å². The van der Waals surface area contributed by atoms with Crippen molar-refractivity contribution in [1.29, 1.82) is 0 Å². The van der Waals surface area contributed by atoms with Gasteiger partial charge in [0.25, 0.3) is 0 Å². The maximum Gasteiger partial charge on any atom is 0.245 e. The maximum atomic E-state index is 13.0. The molecule has 3 aliphatic rings. The predicted molar refractivity (Wildman–Crippen MR) is 114 cm³/mol. The number of benzene rings is 1. The Balaban J connectivity index is 1.47. The van der Waals surface area contributed by atoms with E-state index in [-0.39, 0.29) is 48.0 Å². The lowest BCUT2D eigenvalue weighted by atomic mass is 9.84. The zero-order valence-corrected chi connectivity index (χ0v) is 18.7. The lowest BCUT2D eigenvalue weighted by Gasteiger charge is -2.37. The number of sulfone groups is 1. The molecule has 2 fully saturated rings. The molecule has 8 nitrogen and oxygen atoms in total.